The fourth-order valence-electron chi connectivity index (χ4n) is 3.25. The number of carbonyl (C=O) groups is 3. The summed E-state index contributed by atoms with van der Waals surface area (Å²) in [5.74, 6) is -0.880. The van der Waals surface area contributed by atoms with Gasteiger partial charge in [-0.15, -0.1) is 0 Å². The van der Waals surface area contributed by atoms with E-state index in [2.05, 4.69) is 42.3 Å². The van der Waals surface area contributed by atoms with E-state index in [0.717, 1.165) is 37.5 Å². The van der Waals surface area contributed by atoms with E-state index in [1.165, 1.54) is 0 Å². The summed E-state index contributed by atoms with van der Waals surface area (Å²) in [6.07, 6.45) is 2.13. The van der Waals surface area contributed by atoms with Crippen molar-refractivity contribution >= 4 is 34.9 Å². The van der Waals surface area contributed by atoms with Crippen molar-refractivity contribution in [3.63, 3.8) is 0 Å². The van der Waals surface area contributed by atoms with Gasteiger partial charge in [-0.25, -0.2) is 0 Å². The summed E-state index contributed by atoms with van der Waals surface area (Å²) in [5, 5.41) is 2.98. The number of hydrogen-bond acceptors (Lipinski definition) is 7. The minimum absolute atomic E-state index is 0.0224. The van der Waals surface area contributed by atoms with Crippen LogP contribution >= 0.6 is 11.5 Å². The highest BCUT2D eigenvalue weighted by Crippen LogP contribution is 2.25. The second-order valence-corrected chi connectivity index (χ2v) is 8.72. The number of anilines is 1. The van der Waals surface area contributed by atoms with E-state index < -0.39 is 17.9 Å². The molecule has 9 nitrogen and oxygen atoms in total. The Kier molecular flexibility index (Phi) is 11.5. The molecule has 1 aromatic rings. The Bertz CT molecular complexity index is 733. The van der Waals surface area contributed by atoms with Crippen LogP contribution < -0.4 is 16.8 Å². The number of rotatable bonds is 14. The number of nitrogens with zero attached hydrogens (tertiary/aromatic N) is 3. The fourth-order valence-corrected chi connectivity index (χ4v) is 4.01. The van der Waals surface area contributed by atoms with E-state index in [4.69, 9.17) is 11.5 Å². The minimum Gasteiger partial charge on any atom is -0.395 e. The number of primary amides is 1. The van der Waals surface area contributed by atoms with Gasteiger partial charge in [0.15, 0.2) is 5.69 Å². The van der Waals surface area contributed by atoms with Crippen LogP contribution in [0.3, 0.4) is 0 Å². The van der Waals surface area contributed by atoms with Gasteiger partial charge in [0, 0.05) is 19.6 Å². The zero-order valence-corrected chi connectivity index (χ0v) is 20.3. The van der Waals surface area contributed by atoms with Crippen LogP contribution in [0.2, 0.25) is 0 Å². The first-order valence-electron chi connectivity index (χ1n) is 11.0. The standard InChI is InChI=1S/C21H38N6O3S/c1-6-9-15(20(29)24-11-10-14(4)5)27(13-12-26(7-2)8-3)21(30)18-16(22)17(19(23)28)25-31-18/h14-15H,6-13,22H2,1-5H3,(H2,23,28)(H,24,29). The molecule has 1 atom stereocenters. The van der Waals surface area contributed by atoms with Crippen LogP contribution in [0.25, 0.3) is 0 Å². The second kappa shape index (κ2) is 13.3. The summed E-state index contributed by atoms with van der Waals surface area (Å²) in [7, 11) is 0. The lowest BCUT2D eigenvalue weighted by Gasteiger charge is -2.32. The molecular weight excluding hydrogens is 416 g/mol. The van der Waals surface area contributed by atoms with Crippen molar-refractivity contribution in [3.8, 4) is 0 Å². The van der Waals surface area contributed by atoms with Gasteiger partial charge in [0.05, 0.1) is 5.69 Å². The first kappa shape index (κ1) is 26.8. The molecule has 0 aromatic carbocycles. The lowest BCUT2D eigenvalue weighted by Crippen LogP contribution is -2.52. The average Bonchev–Trinajstić information content (AvgIpc) is 3.11. The van der Waals surface area contributed by atoms with Crippen LogP contribution in [0.5, 0.6) is 0 Å². The molecule has 1 heterocycles. The van der Waals surface area contributed by atoms with E-state index >= 15 is 0 Å². The third kappa shape index (κ3) is 7.77. The van der Waals surface area contributed by atoms with Gasteiger partial charge in [-0.05, 0) is 43.4 Å². The number of carbonyl (C=O) groups excluding carboxylic acids is 3. The van der Waals surface area contributed by atoms with Gasteiger partial charge in [0.1, 0.15) is 10.9 Å². The molecule has 10 heteroatoms. The molecule has 176 valence electrons. The Morgan fingerprint density at radius 2 is 1.74 bits per heavy atom. The molecule has 1 aromatic heterocycles. The number of nitrogen functional groups attached to an aromatic ring is 1. The molecule has 1 rings (SSSR count). The van der Waals surface area contributed by atoms with Gasteiger partial charge < -0.3 is 26.6 Å². The molecule has 0 aliphatic heterocycles. The molecule has 0 aliphatic carbocycles. The molecule has 3 amide bonds. The normalized spacial score (nSPS) is 12.2. The van der Waals surface area contributed by atoms with Crippen molar-refractivity contribution in [2.45, 2.75) is 59.9 Å². The van der Waals surface area contributed by atoms with Crippen LogP contribution in [-0.4, -0.2) is 70.7 Å². The largest absolute Gasteiger partial charge is 0.395 e. The van der Waals surface area contributed by atoms with Crippen molar-refractivity contribution in [2.24, 2.45) is 11.7 Å². The summed E-state index contributed by atoms with van der Waals surface area (Å²) < 4.78 is 3.95. The number of likely N-dealkylation sites (N-methyl/N-ethyl adjacent to an activating group) is 1. The van der Waals surface area contributed by atoms with E-state index in [9.17, 15) is 14.4 Å². The third-order valence-electron chi connectivity index (χ3n) is 5.23. The molecular formula is C21H38N6O3S. The maximum atomic E-state index is 13.5. The second-order valence-electron chi connectivity index (χ2n) is 7.94. The van der Waals surface area contributed by atoms with Gasteiger partial charge in [-0.2, -0.15) is 4.37 Å². The number of amides is 3. The van der Waals surface area contributed by atoms with E-state index in [-0.39, 0.29) is 22.2 Å². The highest BCUT2D eigenvalue weighted by Gasteiger charge is 2.33. The summed E-state index contributed by atoms with van der Waals surface area (Å²) in [6, 6.07) is -0.626. The highest BCUT2D eigenvalue weighted by atomic mass is 32.1. The zero-order valence-electron chi connectivity index (χ0n) is 19.4. The average molecular weight is 455 g/mol. The Morgan fingerprint density at radius 3 is 2.23 bits per heavy atom. The Morgan fingerprint density at radius 1 is 1.10 bits per heavy atom. The van der Waals surface area contributed by atoms with Gasteiger partial charge in [-0.1, -0.05) is 41.0 Å². The first-order chi connectivity index (χ1) is 14.7. The van der Waals surface area contributed by atoms with Gasteiger partial charge >= 0.3 is 0 Å². The summed E-state index contributed by atoms with van der Waals surface area (Å²) >= 11 is 0.843. The van der Waals surface area contributed by atoms with Gasteiger partial charge in [-0.3, -0.25) is 14.4 Å². The number of aromatic nitrogens is 1. The quantitative estimate of drug-likeness (QED) is 0.393. The Balaban J connectivity index is 3.20. The Labute approximate surface area is 189 Å². The number of hydrogen-bond donors (Lipinski definition) is 3. The monoisotopic (exact) mass is 454 g/mol. The van der Waals surface area contributed by atoms with E-state index in [1.54, 1.807) is 4.90 Å². The predicted octanol–water partition coefficient (Wildman–Crippen LogP) is 1.94. The summed E-state index contributed by atoms with van der Waals surface area (Å²) in [5.41, 5.74) is 11.2. The predicted molar refractivity (Wildman–Crippen MR) is 125 cm³/mol. The van der Waals surface area contributed by atoms with Crippen LogP contribution in [0, 0.1) is 5.92 Å². The topological polar surface area (TPSA) is 135 Å². The van der Waals surface area contributed by atoms with Gasteiger partial charge in [0.25, 0.3) is 11.8 Å². The lowest BCUT2D eigenvalue weighted by molar-refractivity contribution is -0.126. The van der Waals surface area contributed by atoms with Crippen molar-refractivity contribution in [2.75, 3.05) is 38.5 Å². The van der Waals surface area contributed by atoms with Crippen molar-refractivity contribution < 1.29 is 14.4 Å². The molecule has 5 N–H and O–H groups in total. The third-order valence-corrected chi connectivity index (χ3v) is 6.08. The fraction of sp³-hybridized carbons (Fsp3) is 0.714. The van der Waals surface area contributed by atoms with E-state index in [0.29, 0.717) is 32.0 Å². The smallest absolute Gasteiger partial charge is 0.270 e. The molecule has 0 saturated carbocycles. The molecule has 0 radical (unpaired) electrons. The lowest BCUT2D eigenvalue weighted by atomic mass is 10.1. The van der Waals surface area contributed by atoms with Crippen LogP contribution in [0.4, 0.5) is 5.69 Å². The van der Waals surface area contributed by atoms with Crippen molar-refractivity contribution in [3.05, 3.63) is 10.6 Å². The highest BCUT2D eigenvalue weighted by molar-refractivity contribution is 7.09. The van der Waals surface area contributed by atoms with Crippen LogP contribution in [0.15, 0.2) is 0 Å². The maximum absolute atomic E-state index is 13.5. The SMILES string of the molecule is CCCC(C(=O)NCCC(C)C)N(CCN(CC)CC)C(=O)c1snc(C(N)=O)c1N. The maximum Gasteiger partial charge on any atom is 0.270 e. The number of nitrogens with one attached hydrogen (secondary N) is 1. The van der Waals surface area contributed by atoms with E-state index in [1.807, 2.05) is 6.92 Å². The molecule has 0 saturated heterocycles. The minimum atomic E-state index is -0.779. The zero-order chi connectivity index (χ0) is 23.6. The molecule has 0 spiro atoms. The van der Waals surface area contributed by atoms with Crippen LogP contribution in [-0.2, 0) is 4.79 Å². The van der Waals surface area contributed by atoms with Crippen molar-refractivity contribution in [1.82, 2.24) is 19.5 Å². The molecule has 1 unspecified atom stereocenters. The Hall–Kier alpha value is -2.20. The molecule has 0 aliphatic rings. The molecule has 0 fully saturated rings. The summed E-state index contributed by atoms with van der Waals surface area (Å²) in [6.45, 7) is 13.5. The molecule has 0 bridgehead atoms. The first-order valence-corrected chi connectivity index (χ1v) is 11.8. The summed E-state index contributed by atoms with van der Waals surface area (Å²) in [4.78, 5) is 41.9. The number of nitrogens with two attached hydrogens (primary N) is 2. The van der Waals surface area contributed by atoms with Crippen LogP contribution in [0.1, 0.15) is 74.0 Å². The van der Waals surface area contributed by atoms with Crippen molar-refractivity contribution in [1.29, 1.82) is 0 Å². The van der Waals surface area contributed by atoms with Gasteiger partial charge in [0.2, 0.25) is 5.91 Å². The molecule has 31 heavy (non-hydrogen) atoms.